The quantitative estimate of drug-likeness (QED) is 0.482. The van der Waals surface area contributed by atoms with Crippen molar-refractivity contribution in [2.45, 2.75) is 6.92 Å². The number of benzene rings is 2. The highest BCUT2D eigenvalue weighted by Crippen LogP contribution is 2.31. The van der Waals surface area contributed by atoms with Crippen molar-refractivity contribution in [3.05, 3.63) is 62.7 Å². The second kappa shape index (κ2) is 5.71. The maximum absolute atomic E-state index is 11.0. The van der Waals surface area contributed by atoms with Crippen LogP contribution in [-0.2, 0) is 0 Å². The van der Waals surface area contributed by atoms with Gasteiger partial charge >= 0.3 is 0 Å². The van der Waals surface area contributed by atoms with Crippen LogP contribution in [0.4, 0.5) is 5.69 Å². The van der Waals surface area contributed by atoms with Crippen LogP contribution in [0.15, 0.2) is 36.4 Å². The van der Waals surface area contributed by atoms with Crippen molar-refractivity contribution < 1.29 is 14.5 Å². The SMILES string of the molecule is Cc1ccc([N+](=O)[O-])cc1Oc1cc(Cl)ccc1C=O. The van der Waals surface area contributed by atoms with Crippen LogP contribution in [0.1, 0.15) is 15.9 Å². The van der Waals surface area contributed by atoms with E-state index in [1.807, 2.05) is 0 Å². The molecule has 0 aliphatic heterocycles. The Kier molecular flexibility index (Phi) is 4.00. The maximum Gasteiger partial charge on any atom is 0.273 e. The molecule has 0 heterocycles. The lowest BCUT2D eigenvalue weighted by molar-refractivity contribution is -0.384. The molecule has 0 spiro atoms. The Hall–Kier alpha value is -2.40. The van der Waals surface area contributed by atoms with Gasteiger partial charge in [0.05, 0.1) is 16.6 Å². The zero-order valence-corrected chi connectivity index (χ0v) is 11.3. The molecular formula is C14H10ClNO4. The standard InChI is InChI=1S/C14H10ClNO4/c1-9-2-5-12(16(18)19)7-13(9)20-14-6-11(15)4-3-10(14)8-17/h2-8H,1H3. The van der Waals surface area contributed by atoms with Gasteiger partial charge in [-0.25, -0.2) is 0 Å². The van der Waals surface area contributed by atoms with E-state index in [0.29, 0.717) is 28.2 Å². The number of carbonyl (C=O) groups excluding carboxylic acids is 1. The molecule has 0 aliphatic carbocycles. The van der Waals surface area contributed by atoms with Crippen LogP contribution in [0.25, 0.3) is 0 Å². The third kappa shape index (κ3) is 2.95. The van der Waals surface area contributed by atoms with Gasteiger partial charge in [0.15, 0.2) is 6.29 Å². The fourth-order valence-corrected chi connectivity index (χ4v) is 1.79. The van der Waals surface area contributed by atoms with Crippen molar-refractivity contribution >= 4 is 23.6 Å². The largest absolute Gasteiger partial charge is 0.456 e. The van der Waals surface area contributed by atoms with E-state index in [1.165, 1.54) is 24.3 Å². The number of nitro groups is 1. The molecule has 6 heteroatoms. The third-order valence-corrected chi connectivity index (χ3v) is 2.94. The molecule has 0 saturated carbocycles. The molecule has 0 amide bonds. The van der Waals surface area contributed by atoms with Crippen molar-refractivity contribution in [3.8, 4) is 11.5 Å². The van der Waals surface area contributed by atoms with Gasteiger partial charge in [-0.15, -0.1) is 0 Å². The van der Waals surface area contributed by atoms with E-state index in [9.17, 15) is 14.9 Å². The summed E-state index contributed by atoms with van der Waals surface area (Å²) in [5.41, 5.74) is 0.952. The Morgan fingerprint density at radius 3 is 2.60 bits per heavy atom. The topological polar surface area (TPSA) is 69.4 Å². The summed E-state index contributed by atoms with van der Waals surface area (Å²) in [4.78, 5) is 21.2. The minimum absolute atomic E-state index is 0.0831. The highest BCUT2D eigenvalue weighted by molar-refractivity contribution is 6.30. The summed E-state index contributed by atoms with van der Waals surface area (Å²) < 4.78 is 5.58. The van der Waals surface area contributed by atoms with Gasteiger partial charge in [0, 0.05) is 17.2 Å². The van der Waals surface area contributed by atoms with Crippen LogP contribution in [0.5, 0.6) is 11.5 Å². The van der Waals surface area contributed by atoms with Crippen molar-refractivity contribution in [1.82, 2.24) is 0 Å². The smallest absolute Gasteiger partial charge is 0.273 e. The van der Waals surface area contributed by atoms with E-state index < -0.39 is 4.92 Å². The lowest BCUT2D eigenvalue weighted by Gasteiger charge is -2.10. The first kappa shape index (κ1) is 14.0. The predicted octanol–water partition coefficient (Wildman–Crippen LogP) is 4.16. The number of rotatable bonds is 4. The van der Waals surface area contributed by atoms with Crippen LogP contribution in [-0.4, -0.2) is 11.2 Å². The molecule has 2 aromatic rings. The van der Waals surface area contributed by atoms with Gasteiger partial charge in [-0.05, 0) is 30.7 Å². The number of aryl methyl sites for hydroxylation is 1. The van der Waals surface area contributed by atoms with Crippen molar-refractivity contribution in [2.24, 2.45) is 0 Å². The van der Waals surface area contributed by atoms with Crippen LogP contribution >= 0.6 is 11.6 Å². The molecule has 0 bridgehead atoms. The Bertz CT molecular complexity index is 685. The number of carbonyl (C=O) groups is 1. The molecule has 0 saturated heterocycles. The molecule has 0 aromatic heterocycles. The first-order valence-corrected chi connectivity index (χ1v) is 6.06. The van der Waals surface area contributed by atoms with E-state index in [2.05, 4.69) is 0 Å². The monoisotopic (exact) mass is 291 g/mol. The van der Waals surface area contributed by atoms with E-state index in [-0.39, 0.29) is 11.4 Å². The van der Waals surface area contributed by atoms with Gasteiger partial charge in [0.25, 0.3) is 5.69 Å². The number of aldehydes is 1. The lowest BCUT2D eigenvalue weighted by atomic mass is 10.2. The lowest BCUT2D eigenvalue weighted by Crippen LogP contribution is -1.94. The van der Waals surface area contributed by atoms with Crippen LogP contribution in [0.2, 0.25) is 5.02 Å². The molecule has 0 N–H and O–H groups in total. The van der Waals surface area contributed by atoms with Crippen LogP contribution in [0.3, 0.4) is 0 Å². The highest BCUT2D eigenvalue weighted by atomic mass is 35.5. The maximum atomic E-state index is 11.0. The molecule has 0 unspecified atom stereocenters. The number of nitrogens with zero attached hydrogens (tertiary/aromatic N) is 1. The van der Waals surface area contributed by atoms with Gasteiger partial charge in [0.1, 0.15) is 11.5 Å². The molecule has 0 fully saturated rings. The molecular weight excluding hydrogens is 282 g/mol. The van der Waals surface area contributed by atoms with Crippen LogP contribution in [0, 0.1) is 17.0 Å². The van der Waals surface area contributed by atoms with E-state index >= 15 is 0 Å². The Balaban J connectivity index is 2.44. The van der Waals surface area contributed by atoms with E-state index in [0.717, 1.165) is 0 Å². The fraction of sp³-hybridized carbons (Fsp3) is 0.0714. The normalized spacial score (nSPS) is 10.1. The van der Waals surface area contributed by atoms with Crippen LogP contribution < -0.4 is 4.74 Å². The Morgan fingerprint density at radius 2 is 1.95 bits per heavy atom. The molecule has 2 rings (SSSR count). The average Bonchev–Trinajstić information content (AvgIpc) is 2.41. The molecule has 2 aromatic carbocycles. The van der Waals surface area contributed by atoms with Gasteiger partial charge in [0.2, 0.25) is 0 Å². The molecule has 0 radical (unpaired) electrons. The number of halogens is 1. The first-order valence-electron chi connectivity index (χ1n) is 5.69. The summed E-state index contributed by atoms with van der Waals surface area (Å²) in [5.74, 6) is 0.570. The van der Waals surface area contributed by atoms with E-state index in [4.69, 9.17) is 16.3 Å². The van der Waals surface area contributed by atoms with Gasteiger partial charge in [-0.2, -0.15) is 0 Å². The summed E-state index contributed by atoms with van der Waals surface area (Å²) in [5, 5.41) is 11.2. The summed E-state index contributed by atoms with van der Waals surface area (Å²) in [7, 11) is 0. The molecule has 0 aliphatic rings. The minimum atomic E-state index is -0.509. The Morgan fingerprint density at radius 1 is 1.20 bits per heavy atom. The average molecular weight is 292 g/mol. The second-order valence-corrected chi connectivity index (χ2v) is 4.55. The Labute approximate surface area is 119 Å². The summed E-state index contributed by atoms with van der Waals surface area (Å²) >= 11 is 5.86. The zero-order chi connectivity index (χ0) is 14.7. The highest BCUT2D eigenvalue weighted by Gasteiger charge is 2.12. The fourth-order valence-electron chi connectivity index (χ4n) is 1.62. The third-order valence-electron chi connectivity index (χ3n) is 2.71. The van der Waals surface area contributed by atoms with Gasteiger partial charge in [-0.3, -0.25) is 14.9 Å². The van der Waals surface area contributed by atoms with Crippen molar-refractivity contribution in [2.75, 3.05) is 0 Å². The van der Waals surface area contributed by atoms with Crippen molar-refractivity contribution in [1.29, 1.82) is 0 Å². The summed E-state index contributed by atoms with van der Waals surface area (Å²) in [6.07, 6.45) is 0.637. The molecule has 5 nitrogen and oxygen atoms in total. The summed E-state index contributed by atoms with van der Waals surface area (Å²) in [6.45, 7) is 1.75. The zero-order valence-electron chi connectivity index (χ0n) is 10.5. The molecule has 20 heavy (non-hydrogen) atoms. The van der Waals surface area contributed by atoms with E-state index in [1.54, 1.807) is 19.1 Å². The minimum Gasteiger partial charge on any atom is -0.456 e. The van der Waals surface area contributed by atoms with Gasteiger partial charge < -0.3 is 4.74 Å². The summed E-state index contributed by atoms with van der Waals surface area (Å²) in [6, 6.07) is 8.86. The number of non-ortho nitro benzene ring substituents is 1. The number of ether oxygens (including phenoxy) is 1. The second-order valence-electron chi connectivity index (χ2n) is 4.11. The van der Waals surface area contributed by atoms with Crippen molar-refractivity contribution in [3.63, 3.8) is 0 Å². The van der Waals surface area contributed by atoms with Gasteiger partial charge in [-0.1, -0.05) is 11.6 Å². The number of nitro benzene ring substituents is 1. The predicted molar refractivity (Wildman–Crippen MR) is 74.7 cm³/mol. The number of hydrogen-bond donors (Lipinski definition) is 0. The molecule has 0 atom stereocenters. The first-order chi connectivity index (χ1) is 9.51. The number of hydrogen-bond acceptors (Lipinski definition) is 4. The molecule has 102 valence electrons.